The number of carboxylic acids is 1. The molecule has 3 heterocycles. The molecule has 1 aromatic heterocycles. The Bertz CT molecular complexity index is 594. The van der Waals surface area contributed by atoms with Crippen LogP contribution >= 0.6 is 0 Å². The van der Waals surface area contributed by atoms with Crippen LogP contribution in [-0.2, 0) is 9.53 Å². The lowest BCUT2D eigenvalue weighted by molar-refractivity contribution is -0.149. The predicted molar refractivity (Wildman–Crippen MR) is 65.1 cm³/mol. The van der Waals surface area contributed by atoms with Crippen molar-refractivity contribution in [1.82, 2.24) is 9.88 Å². The molecule has 1 N–H and O–H groups in total. The zero-order valence-corrected chi connectivity index (χ0v) is 10.7. The van der Waals surface area contributed by atoms with Crippen molar-refractivity contribution in [2.75, 3.05) is 13.2 Å². The van der Waals surface area contributed by atoms with Crippen LogP contribution in [0.2, 0.25) is 0 Å². The monoisotopic (exact) mass is 276 g/mol. The fraction of sp³-hybridized carbons (Fsp3) is 0.385. The number of nitrogens with zero attached hydrogens (tertiary/aromatic N) is 2. The highest BCUT2D eigenvalue weighted by Crippen LogP contribution is 2.36. The number of rotatable bonds is 2. The maximum absolute atomic E-state index is 12.3. The van der Waals surface area contributed by atoms with Crippen LogP contribution in [0.15, 0.2) is 18.3 Å². The molecule has 2 aliphatic rings. The van der Waals surface area contributed by atoms with E-state index in [-0.39, 0.29) is 24.5 Å². The summed E-state index contributed by atoms with van der Waals surface area (Å²) in [5.74, 6) is -2.17. The maximum atomic E-state index is 12.3. The van der Waals surface area contributed by atoms with Gasteiger partial charge in [0.2, 0.25) is 0 Å². The van der Waals surface area contributed by atoms with E-state index in [1.165, 1.54) is 19.2 Å². The van der Waals surface area contributed by atoms with Crippen LogP contribution in [0.3, 0.4) is 0 Å². The molecular formula is C13H12N2O5. The molecule has 1 aromatic rings. The number of carboxylic acid groups (broad SMARTS) is 1. The van der Waals surface area contributed by atoms with Crippen LogP contribution in [0.25, 0.3) is 0 Å². The van der Waals surface area contributed by atoms with E-state index in [1.807, 2.05) is 0 Å². The second-order valence-electron chi connectivity index (χ2n) is 5.13. The quantitative estimate of drug-likeness (QED) is 0.773. The second-order valence-corrected chi connectivity index (χ2v) is 5.13. The first-order chi connectivity index (χ1) is 9.47. The largest absolute Gasteiger partial charge is 0.481 e. The minimum atomic E-state index is -1.30. The van der Waals surface area contributed by atoms with Crippen LogP contribution in [0.1, 0.15) is 27.8 Å². The molecule has 0 aliphatic carbocycles. The zero-order valence-electron chi connectivity index (χ0n) is 10.7. The summed E-state index contributed by atoms with van der Waals surface area (Å²) >= 11 is 0. The fourth-order valence-corrected chi connectivity index (χ4v) is 2.59. The van der Waals surface area contributed by atoms with E-state index in [0.717, 1.165) is 4.90 Å². The van der Waals surface area contributed by atoms with E-state index in [2.05, 4.69) is 4.98 Å². The van der Waals surface area contributed by atoms with Crippen LogP contribution < -0.4 is 0 Å². The van der Waals surface area contributed by atoms with Crippen molar-refractivity contribution in [1.29, 1.82) is 0 Å². The molecule has 7 nitrogen and oxygen atoms in total. The van der Waals surface area contributed by atoms with Gasteiger partial charge in [0.25, 0.3) is 11.8 Å². The van der Waals surface area contributed by atoms with E-state index in [0.29, 0.717) is 0 Å². The van der Waals surface area contributed by atoms with Crippen molar-refractivity contribution in [3.63, 3.8) is 0 Å². The Hall–Kier alpha value is -2.28. The van der Waals surface area contributed by atoms with Gasteiger partial charge in [-0.05, 0) is 19.1 Å². The summed E-state index contributed by atoms with van der Waals surface area (Å²) in [5.41, 5.74) is -1.03. The Morgan fingerprint density at radius 3 is 2.90 bits per heavy atom. The molecule has 7 heteroatoms. The molecule has 1 saturated heterocycles. The van der Waals surface area contributed by atoms with Crippen LogP contribution in [0.5, 0.6) is 0 Å². The summed E-state index contributed by atoms with van der Waals surface area (Å²) in [7, 11) is 0. The summed E-state index contributed by atoms with van der Waals surface area (Å²) in [6.07, 6.45) is 1.43. The summed E-state index contributed by atoms with van der Waals surface area (Å²) in [4.78, 5) is 40.9. The number of carbonyl (C=O) groups excluding carboxylic acids is 2. The van der Waals surface area contributed by atoms with Crippen molar-refractivity contribution in [2.45, 2.75) is 13.0 Å². The van der Waals surface area contributed by atoms with Gasteiger partial charge in [-0.3, -0.25) is 24.3 Å². The van der Waals surface area contributed by atoms with E-state index in [4.69, 9.17) is 4.74 Å². The van der Waals surface area contributed by atoms with E-state index in [1.54, 1.807) is 6.07 Å². The number of aromatic nitrogens is 1. The fourth-order valence-electron chi connectivity index (χ4n) is 2.59. The van der Waals surface area contributed by atoms with E-state index in [9.17, 15) is 19.5 Å². The average molecular weight is 276 g/mol. The predicted octanol–water partition coefficient (Wildman–Crippen LogP) is 0.167. The van der Waals surface area contributed by atoms with Crippen molar-refractivity contribution in [3.8, 4) is 0 Å². The summed E-state index contributed by atoms with van der Waals surface area (Å²) in [6.45, 7) is 1.46. The first-order valence-corrected chi connectivity index (χ1v) is 6.11. The van der Waals surface area contributed by atoms with Crippen molar-refractivity contribution in [3.05, 3.63) is 29.6 Å². The van der Waals surface area contributed by atoms with Gasteiger partial charge in [0.15, 0.2) is 0 Å². The molecule has 2 aliphatic heterocycles. The lowest BCUT2D eigenvalue weighted by Gasteiger charge is -2.30. The Balaban J connectivity index is 2.03. The molecule has 104 valence electrons. The molecule has 2 atom stereocenters. The summed E-state index contributed by atoms with van der Waals surface area (Å²) in [6, 6.07) is 2.25. The second kappa shape index (κ2) is 4.11. The number of aliphatic carboxylic acids is 1. The van der Waals surface area contributed by atoms with Crippen LogP contribution in [0.4, 0.5) is 0 Å². The number of hydrogen-bond acceptors (Lipinski definition) is 5. The van der Waals surface area contributed by atoms with Gasteiger partial charge >= 0.3 is 5.97 Å². The molecule has 20 heavy (non-hydrogen) atoms. The maximum Gasteiger partial charge on any atom is 0.313 e. The minimum absolute atomic E-state index is 0.0221. The molecule has 0 aromatic carbocycles. The normalized spacial score (nSPS) is 28.9. The SMILES string of the molecule is CC1(C(=O)O)COCC1N1C(=O)c2cccnc2C1=O. The Morgan fingerprint density at radius 2 is 2.25 bits per heavy atom. The smallest absolute Gasteiger partial charge is 0.313 e. The first-order valence-electron chi connectivity index (χ1n) is 6.11. The first kappa shape index (κ1) is 12.7. The third kappa shape index (κ3) is 1.50. The number of imide groups is 1. The van der Waals surface area contributed by atoms with Gasteiger partial charge < -0.3 is 9.84 Å². The molecule has 0 saturated carbocycles. The highest BCUT2D eigenvalue weighted by Gasteiger charge is 2.55. The average Bonchev–Trinajstić information content (AvgIpc) is 2.92. The number of ether oxygens (including phenoxy) is 1. The molecule has 0 radical (unpaired) electrons. The van der Waals surface area contributed by atoms with Gasteiger partial charge in [-0.15, -0.1) is 0 Å². The third-order valence-corrected chi connectivity index (χ3v) is 3.89. The van der Waals surface area contributed by atoms with Gasteiger partial charge in [-0.1, -0.05) is 0 Å². The molecular weight excluding hydrogens is 264 g/mol. The molecule has 3 rings (SSSR count). The highest BCUT2D eigenvalue weighted by atomic mass is 16.5. The number of hydrogen-bond donors (Lipinski definition) is 1. The van der Waals surface area contributed by atoms with Crippen molar-refractivity contribution < 1.29 is 24.2 Å². The Kier molecular flexibility index (Phi) is 2.62. The zero-order chi connectivity index (χ0) is 14.5. The topological polar surface area (TPSA) is 96.8 Å². The van der Waals surface area contributed by atoms with Crippen molar-refractivity contribution in [2.24, 2.45) is 5.41 Å². The van der Waals surface area contributed by atoms with E-state index >= 15 is 0 Å². The van der Waals surface area contributed by atoms with Crippen LogP contribution in [-0.4, -0.2) is 52.0 Å². The Morgan fingerprint density at radius 1 is 1.50 bits per heavy atom. The summed E-state index contributed by atoms with van der Waals surface area (Å²) < 4.78 is 5.19. The van der Waals surface area contributed by atoms with Crippen LogP contribution in [0, 0.1) is 5.41 Å². The number of pyridine rings is 1. The molecule has 0 bridgehead atoms. The number of carbonyl (C=O) groups is 3. The lowest BCUT2D eigenvalue weighted by Crippen LogP contribution is -2.52. The third-order valence-electron chi connectivity index (χ3n) is 3.89. The van der Waals surface area contributed by atoms with Gasteiger partial charge in [0.1, 0.15) is 11.1 Å². The molecule has 1 fully saturated rings. The van der Waals surface area contributed by atoms with Crippen molar-refractivity contribution >= 4 is 17.8 Å². The molecule has 2 unspecified atom stereocenters. The number of fused-ring (bicyclic) bond motifs is 1. The summed E-state index contributed by atoms with van der Waals surface area (Å²) in [5, 5.41) is 9.35. The van der Waals surface area contributed by atoms with Gasteiger partial charge in [-0.25, -0.2) is 0 Å². The number of amides is 2. The van der Waals surface area contributed by atoms with Gasteiger partial charge in [-0.2, -0.15) is 0 Å². The van der Waals surface area contributed by atoms with Gasteiger partial charge in [0, 0.05) is 6.20 Å². The molecule has 0 spiro atoms. The minimum Gasteiger partial charge on any atom is -0.481 e. The highest BCUT2D eigenvalue weighted by molar-refractivity contribution is 6.20. The van der Waals surface area contributed by atoms with Gasteiger partial charge in [0.05, 0.1) is 24.8 Å². The molecule has 2 amide bonds. The standard InChI is InChI=1S/C13H12N2O5/c1-13(12(18)19)6-20-5-8(13)15-10(16)7-3-2-4-14-9(7)11(15)17/h2-4,8H,5-6H2,1H3,(H,18,19). The lowest BCUT2D eigenvalue weighted by atomic mass is 9.84. The van der Waals surface area contributed by atoms with E-state index < -0.39 is 29.2 Å². The Labute approximate surface area is 114 Å².